The van der Waals surface area contributed by atoms with Crippen LogP contribution < -0.4 is 0 Å². The minimum atomic E-state index is 0.895. The maximum Gasteiger partial charge on any atom is 0.0974 e. The van der Waals surface area contributed by atoms with E-state index in [9.17, 15) is 0 Å². The second-order valence-electron chi connectivity index (χ2n) is 8.02. The van der Waals surface area contributed by atoms with Crippen LogP contribution in [0.4, 0.5) is 0 Å². The molecule has 2 aromatic heterocycles. The highest BCUT2D eigenvalue weighted by Crippen LogP contribution is 2.36. The van der Waals surface area contributed by atoms with Gasteiger partial charge in [-0.15, -0.1) is 0 Å². The summed E-state index contributed by atoms with van der Waals surface area (Å²) in [5, 5.41) is 2.33. The molecule has 2 heteroatoms. The van der Waals surface area contributed by atoms with Gasteiger partial charge in [0.15, 0.2) is 0 Å². The van der Waals surface area contributed by atoms with Gasteiger partial charge in [-0.2, -0.15) is 0 Å². The second kappa shape index (κ2) is 8.31. The van der Waals surface area contributed by atoms with Crippen molar-refractivity contribution >= 4 is 21.8 Å². The molecule has 5 rings (SSSR count). The summed E-state index contributed by atoms with van der Waals surface area (Å²) < 4.78 is 0. The van der Waals surface area contributed by atoms with E-state index in [4.69, 9.17) is 9.97 Å². The minimum absolute atomic E-state index is 0.895. The van der Waals surface area contributed by atoms with Crippen LogP contribution in [0.5, 0.6) is 0 Å². The summed E-state index contributed by atoms with van der Waals surface area (Å²) in [6, 6.07) is 30.2. The number of hydrogen-bond donors (Lipinski definition) is 0. The molecule has 31 heavy (non-hydrogen) atoms. The summed E-state index contributed by atoms with van der Waals surface area (Å²) in [5.74, 6) is 0. The van der Waals surface area contributed by atoms with Gasteiger partial charge in [0.25, 0.3) is 0 Å². The van der Waals surface area contributed by atoms with Gasteiger partial charge >= 0.3 is 0 Å². The van der Waals surface area contributed by atoms with Gasteiger partial charge in [-0.05, 0) is 47.2 Å². The van der Waals surface area contributed by atoms with E-state index in [2.05, 4.69) is 98.8 Å². The lowest BCUT2D eigenvalue weighted by molar-refractivity contribution is 0.890. The van der Waals surface area contributed by atoms with Gasteiger partial charge in [0, 0.05) is 22.2 Å². The molecule has 0 aliphatic carbocycles. The topological polar surface area (TPSA) is 25.8 Å². The van der Waals surface area contributed by atoms with Crippen LogP contribution in [0, 0.1) is 0 Å². The third-order valence-corrected chi connectivity index (χ3v) is 5.90. The van der Waals surface area contributed by atoms with Crippen LogP contribution in [0.3, 0.4) is 0 Å². The molecule has 0 atom stereocenters. The first-order chi connectivity index (χ1) is 15.3. The van der Waals surface area contributed by atoms with Crippen molar-refractivity contribution in [2.45, 2.75) is 33.1 Å². The highest BCUT2D eigenvalue weighted by atomic mass is 14.8. The Morgan fingerprint density at radius 1 is 0.581 bits per heavy atom. The molecule has 0 radical (unpaired) electrons. The van der Waals surface area contributed by atoms with Gasteiger partial charge in [0.05, 0.1) is 11.0 Å². The quantitative estimate of drug-likeness (QED) is 0.282. The molecule has 152 valence electrons. The average Bonchev–Trinajstić information content (AvgIpc) is 2.84. The zero-order valence-electron chi connectivity index (χ0n) is 18.1. The van der Waals surface area contributed by atoms with Crippen LogP contribution in [0.25, 0.3) is 44.1 Å². The molecule has 0 saturated heterocycles. The smallest absolute Gasteiger partial charge is 0.0974 e. The summed E-state index contributed by atoms with van der Waals surface area (Å²) in [4.78, 5) is 10.2. The van der Waals surface area contributed by atoms with Crippen molar-refractivity contribution in [2.24, 2.45) is 0 Å². The zero-order chi connectivity index (χ0) is 21.2. The fraction of sp³-hybridized carbons (Fsp3) is 0.172. The maximum atomic E-state index is 5.13. The molecule has 0 aliphatic heterocycles. The Bertz CT molecular complexity index is 1360. The van der Waals surface area contributed by atoms with E-state index in [1.165, 1.54) is 27.6 Å². The average molecular weight is 403 g/mol. The highest BCUT2D eigenvalue weighted by Gasteiger charge is 2.15. The minimum Gasteiger partial charge on any atom is -0.251 e. The number of nitrogens with zero attached hydrogens (tertiary/aromatic N) is 2. The van der Waals surface area contributed by atoms with E-state index in [0.29, 0.717) is 0 Å². The van der Waals surface area contributed by atoms with Crippen molar-refractivity contribution < 1.29 is 0 Å². The summed E-state index contributed by atoms with van der Waals surface area (Å²) in [7, 11) is 0. The zero-order valence-corrected chi connectivity index (χ0v) is 18.1. The number of aromatic nitrogens is 2. The predicted octanol–water partition coefficient (Wildman–Crippen LogP) is 7.63. The van der Waals surface area contributed by atoms with Crippen molar-refractivity contribution in [1.29, 1.82) is 0 Å². The number of benzene rings is 3. The van der Waals surface area contributed by atoms with Crippen LogP contribution in [0.1, 0.15) is 31.7 Å². The SMILES string of the molecule is CCCc1cc(-c2ccccc2)c2ccc3c(-c4ccccc4)cc(CC)nc3c2n1. The monoisotopic (exact) mass is 402 g/mol. The molecule has 2 nitrogen and oxygen atoms in total. The molecule has 0 N–H and O–H groups in total. The number of aryl methyl sites for hydroxylation is 2. The van der Waals surface area contributed by atoms with Crippen LogP contribution in [-0.2, 0) is 12.8 Å². The number of rotatable bonds is 5. The van der Waals surface area contributed by atoms with E-state index in [-0.39, 0.29) is 0 Å². The number of pyridine rings is 2. The predicted molar refractivity (Wildman–Crippen MR) is 131 cm³/mol. The van der Waals surface area contributed by atoms with Crippen LogP contribution >= 0.6 is 0 Å². The van der Waals surface area contributed by atoms with E-state index >= 15 is 0 Å². The Morgan fingerprint density at radius 3 is 1.55 bits per heavy atom. The third kappa shape index (κ3) is 3.59. The standard InChI is InChI=1S/C29H26N2/c1-3-11-23-19-27(21-14-9-6-10-15-21)25-17-16-24-26(20-12-7-5-8-13-20)18-22(4-2)30-28(24)29(25)31-23/h5-10,12-19H,3-4,11H2,1-2H3. The van der Waals surface area contributed by atoms with E-state index in [1.807, 2.05) is 0 Å². The molecule has 3 aromatic carbocycles. The van der Waals surface area contributed by atoms with Crippen molar-refractivity contribution in [1.82, 2.24) is 9.97 Å². The lowest BCUT2D eigenvalue weighted by Gasteiger charge is -2.14. The first kappa shape index (κ1) is 19.4. The highest BCUT2D eigenvalue weighted by molar-refractivity contribution is 6.12. The van der Waals surface area contributed by atoms with Crippen LogP contribution in [0.15, 0.2) is 84.9 Å². The van der Waals surface area contributed by atoms with Gasteiger partial charge in [0.2, 0.25) is 0 Å². The lowest BCUT2D eigenvalue weighted by Crippen LogP contribution is -1.98. The molecular formula is C29H26N2. The van der Waals surface area contributed by atoms with Gasteiger partial charge in [-0.1, -0.05) is 93.1 Å². The molecular weight excluding hydrogens is 376 g/mol. The Labute approximate surface area is 183 Å². The lowest BCUT2D eigenvalue weighted by atomic mass is 9.94. The van der Waals surface area contributed by atoms with Crippen molar-refractivity contribution in [3.8, 4) is 22.3 Å². The van der Waals surface area contributed by atoms with Gasteiger partial charge in [-0.3, -0.25) is 9.97 Å². The molecule has 0 aliphatic rings. The van der Waals surface area contributed by atoms with Crippen molar-refractivity contribution in [3.63, 3.8) is 0 Å². The largest absolute Gasteiger partial charge is 0.251 e. The summed E-state index contributed by atoms with van der Waals surface area (Å²) in [5.41, 5.74) is 9.16. The molecule has 0 amide bonds. The van der Waals surface area contributed by atoms with Gasteiger partial charge < -0.3 is 0 Å². The van der Waals surface area contributed by atoms with Crippen LogP contribution in [-0.4, -0.2) is 9.97 Å². The normalized spacial score (nSPS) is 11.3. The maximum absolute atomic E-state index is 5.13. The fourth-order valence-corrected chi connectivity index (χ4v) is 4.36. The van der Waals surface area contributed by atoms with Gasteiger partial charge in [-0.25, -0.2) is 0 Å². The molecule has 0 fully saturated rings. The molecule has 0 saturated carbocycles. The van der Waals surface area contributed by atoms with E-state index < -0.39 is 0 Å². The van der Waals surface area contributed by atoms with Crippen molar-refractivity contribution in [3.05, 3.63) is 96.3 Å². The fourth-order valence-electron chi connectivity index (χ4n) is 4.36. The number of fused-ring (bicyclic) bond motifs is 3. The Hall–Kier alpha value is -3.52. The van der Waals surface area contributed by atoms with Crippen molar-refractivity contribution in [2.75, 3.05) is 0 Å². The second-order valence-corrected chi connectivity index (χ2v) is 8.02. The number of hydrogen-bond acceptors (Lipinski definition) is 2. The van der Waals surface area contributed by atoms with E-state index in [0.717, 1.165) is 47.1 Å². The Morgan fingerprint density at radius 2 is 1.06 bits per heavy atom. The third-order valence-electron chi connectivity index (χ3n) is 5.90. The first-order valence-corrected chi connectivity index (χ1v) is 11.2. The van der Waals surface area contributed by atoms with Gasteiger partial charge in [0.1, 0.15) is 0 Å². The van der Waals surface area contributed by atoms with E-state index in [1.54, 1.807) is 0 Å². The summed E-state index contributed by atoms with van der Waals surface area (Å²) >= 11 is 0. The van der Waals surface area contributed by atoms with Crippen LogP contribution in [0.2, 0.25) is 0 Å². The molecule has 0 bridgehead atoms. The Kier molecular flexibility index (Phi) is 5.21. The molecule has 0 spiro atoms. The summed E-state index contributed by atoms with van der Waals surface area (Å²) in [6.07, 6.45) is 2.93. The molecule has 0 unspecified atom stereocenters. The first-order valence-electron chi connectivity index (χ1n) is 11.2. The molecule has 5 aromatic rings. The Balaban J connectivity index is 1.88. The molecule has 2 heterocycles. The summed E-state index contributed by atoms with van der Waals surface area (Å²) in [6.45, 7) is 4.37.